The number of primary amides is 1. The normalized spacial score (nSPS) is 12.3. The number of carbonyl (C=O) groups is 2. The summed E-state index contributed by atoms with van der Waals surface area (Å²) in [6.45, 7) is 9.30. The van der Waals surface area contributed by atoms with Crippen molar-refractivity contribution >= 4 is 11.9 Å². The van der Waals surface area contributed by atoms with E-state index < -0.39 is 17.3 Å². The molecule has 0 unspecified atom stereocenters. The zero-order chi connectivity index (χ0) is 14.3. The summed E-state index contributed by atoms with van der Waals surface area (Å²) in [5.41, 5.74) is 5.11. The van der Waals surface area contributed by atoms with Crippen LogP contribution in [-0.2, 0) is 9.59 Å². The highest BCUT2D eigenvalue weighted by Gasteiger charge is 2.27. The van der Waals surface area contributed by atoms with Crippen molar-refractivity contribution in [3.8, 4) is 0 Å². The number of amides is 1. The fourth-order valence-corrected chi connectivity index (χ4v) is 1.79. The summed E-state index contributed by atoms with van der Waals surface area (Å²) in [5.74, 6) is -1.72. The van der Waals surface area contributed by atoms with Crippen molar-refractivity contribution in [2.45, 2.75) is 46.5 Å². The topological polar surface area (TPSA) is 80.4 Å². The first-order valence-electron chi connectivity index (χ1n) is 6.16. The predicted molar refractivity (Wildman–Crippen MR) is 72.0 cm³/mol. The van der Waals surface area contributed by atoms with Gasteiger partial charge in [0.05, 0.1) is 5.57 Å². The Morgan fingerprint density at radius 1 is 1.33 bits per heavy atom. The summed E-state index contributed by atoms with van der Waals surface area (Å²) in [4.78, 5) is 22.2. The molecule has 0 spiro atoms. The van der Waals surface area contributed by atoms with Gasteiger partial charge in [0.15, 0.2) is 0 Å². The molecule has 0 atom stereocenters. The molecule has 3 N–H and O–H groups in total. The van der Waals surface area contributed by atoms with Gasteiger partial charge in [0.25, 0.3) is 0 Å². The molecular formula is C14H23NO3. The van der Waals surface area contributed by atoms with Gasteiger partial charge in [-0.05, 0) is 17.9 Å². The van der Waals surface area contributed by atoms with E-state index in [2.05, 4.69) is 13.5 Å². The lowest BCUT2D eigenvalue weighted by atomic mass is 9.78. The molecule has 0 aromatic heterocycles. The highest BCUT2D eigenvalue weighted by atomic mass is 16.4. The van der Waals surface area contributed by atoms with Gasteiger partial charge >= 0.3 is 5.97 Å². The van der Waals surface area contributed by atoms with E-state index in [1.807, 2.05) is 13.8 Å². The second-order valence-electron chi connectivity index (χ2n) is 5.09. The lowest BCUT2D eigenvalue weighted by Gasteiger charge is -2.26. The average Bonchev–Trinajstić information content (AvgIpc) is 2.24. The molecule has 4 heteroatoms. The third kappa shape index (κ3) is 5.17. The molecule has 1 amide bonds. The molecule has 0 fully saturated rings. The molecule has 18 heavy (non-hydrogen) atoms. The Morgan fingerprint density at radius 2 is 1.89 bits per heavy atom. The second-order valence-corrected chi connectivity index (χ2v) is 5.09. The van der Waals surface area contributed by atoms with Crippen LogP contribution in [0.3, 0.4) is 0 Å². The summed E-state index contributed by atoms with van der Waals surface area (Å²) in [7, 11) is 0. The Labute approximate surface area is 109 Å². The minimum Gasteiger partial charge on any atom is -0.478 e. The van der Waals surface area contributed by atoms with Gasteiger partial charge in [-0.1, -0.05) is 46.6 Å². The Kier molecular flexibility index (Phi) is 6.37. The van der Waals surface area contributed by atoms with Gasteiger partial charge in [0.1, 0.15) is 0 Å². The number of carboxylic acid groups (broad SMARTS) is 1. The van der Waals surface area contributed by atoms with Crippen LogP contribution in [0.15, 0.2) is 23.8 Å². The Balaban J connectivity index is 5.04. The standard InChI is InChI=1S/C14H23NO3/c1-5-6-7-8-14(3,4)11(12(15)16)9-10(2)13(17)18/h9H,2,5-8H2,1,3-4H3,(H2,15,16)(H,17,18)/b11-9+. The third-order valence-corrected chi connectivity index (χ3v) is 2.99. The van der Waals surface area contributed by atoms with Crippen molar-refractivity contribution < 1.29 is 14.7 Å². The number of carboxylic acids is 1. The minimum atomic E-state index is -1.14. The first kappa shape index (κ1) is 16.4. The van der Waals surface area contributed by atoms with E-state index in [1.54, 1.807) is 0 Å². The van der Waals surface area contributed by atoms with Gasteiger partial charge in [-0.25, -0.2) is 4.79 Å². The summed E-state index contributed by atoms with van der Waals surface area (Å²) >= 11 is 0. The van der Waals surface area contributed by atoms with Crippen molar-refractivity contribution in [1.29, 1.82) is 0 Å². The lowest BCUT2D eigenvalue weighted by Crippen LogP contribution is -2.27. The second kappa shape index (κ2) is 6.99. The molecule has 0 rings (SSSR count). The monoisotopic (exact) mass is 253 g/mol. The van der Waals surface area contributed by atoms with Crippen LogP contribution < -0.4 is 5.73 Å². The van der Waals surface area contributed by atoms with E-state index in [0.29, 0.717) is 5.57 Å². The van der Waals surface area contributed by atoms with Gasteiger partial charge in [0, 0.05) is 5.57 Å². The first-order chi connectivity index (χ1) is 8.22. The van der Waals surface area contributed by atoms with Crippen molar-refractivity contribution in [3.63, 3.8) is 0 Å². The van der Waals surface area contributed by atoms with Crippen molar-refractivity contribution in [1.82, 2.24) is 0 Å². The van der Waals surface area contributed by atoms with Crippen molar-refractivity contribution in [2.24, 2.45) is 11.1 Å². The van der Waals surface area contributed by atoms with Gasteiger partial charge in [-0.2, -0.15) is 0 Å². The van der Waals surface area contributed by atoms with Crippen LogP contribution in [0.5, 0.6) is 0 Å². The molecule has 0 aliphatic carbocycles. The Hall–Kier alpha value is -1.58. The van der Waals surface area contributed by atoms with Gasteiger partial charge in [-0.15, -0.1) is 0 Å². The van der Waals surface area contributed by atoms with Crippen LogP contribution >= 0.6 is 0 Å². The van der Waals surface area contributed by atoms with E-state index in [4.69, 9.17) is 10.8 Å². The SMILES string of the molecule is C=C(/C=C(\C(N)=O)C(C)(C)CCCCC)C(=O)O. The molecule has 0 radical (unpaired) electrons. The van der Waals surface area contributed by atoms with E-state index >= 15 is 0 Å². The zero-order valence-corrected chi connectivity index (χ0v) is 11.5. The number of hydrogen-bond donors (Lipinski definition) is 2. The highest BCUT2D eigenvalue weighted by molar-refractivity contribution is 5.97. The molecule has 0 bridgehead atoms. The molecule has 0 aromatic rings. The quantitative estimate of drug-likeness (QED) is 0.396. The average molecular weight is 253 g/mol. The van der Waals surface area contributed by atoms with E-state index in [9.17, 15) is 9.59 Å². The highest BCUT2D eigenvalue weighted by Crippen LogP contribution is 2.33. The van der Waals surface area contributed by atoms with E-state index in [-0.39, 0.29) is 5.57 Å². The molecule has 0 heterocycles. The fraction of sp³-hybridized carbons (Fsp3) is 0.571. The Bertz CT molecular complexity index is 367. The molecular weight excluding hydrogens is 230 g/mol. The fourth-order valence-electron chi connectivity index (χ4n) is 1.79. The zero-order valence-electron chi connectivity index (χ0n) is 11.5. The molecule has 0 aliphatic heterocycles. The maximum atomic E-state index is 11.5. The number of hydrogen-bond acceptors (Lipinski definition) is 2. The summed E-state index contributed by atoms with van der Waals surface area (Å²) in [5, 5.41) is 8.80. The largest absolute Gasteiger partial charge is 0.478 e. The summed E-state index contributed by atoms with van der Waals surface area (Å²) in [6.07, 6.45) is 5.23. The summed E-state index contributed by atoms with van der Waals surface area (Å²) < 4.78 is 0. The number of unbranched alkanes of at least 4 members (excludes halogenated alkanes) is 2. The molecule has 0 aliphatic rings. The van der Waals surface area contributed by atoms with Gasteiger partial charge in [-0.3, -0.25) is 4.79 Å². The third-order valence-electron chi connectivity index (χ3n) is 2.99. The molecule has 0 saturated heterocycles. The lowest BCUT2D eigenvalue weighted by molar-refractivity contribution is -0.132. The molecule has 0 saturated carbocycles. The van der Waals surface area contributed by atoms with Crippen molar-refractivity contribution in [2.75, 3.05) is 0 Å². The minimum absolute atomic E-state index is 0.118. The Morgan fingerprint density at radius 3 is 2.28 bits per heavy atom. The molecule has 0 aromatic carbocycles. The van der Waals surface area contributed by atoms with E-state index in [0.717, 1.165) is 25.7 Å². The van der Waals surface area contributed by atoms with Crippen LogP contribution in [-0.4, -0.2) is 17.0 Å². The predicted octanol–water partition coefficient (Wildman–Crippen LogP) is 2.65. The van der Waals surface area contributed by atoms with E-state index in [1.165, 1.54) is 6.08 Å². The first-order valence-corrected chi connectivity index (χ1v) is 6.16. The maximum absolute atomic E-state index is 11.5. The van der Waals surface area contributed by atoms with Crippen molar-refractivity contribution in [3.05, 3.63) is 23.8 Å². The van der Waals surface area contributed by atoms with Gasteiger partial charge in [0.2, 0.25) is 5.91 Å². The number of nitrogens with two attached hydrogens (primary N) is 1. The van der Waals surface area contributed by atoms with Crippen LogP contribution in [0.1, 0.15) is 46.5 Å². The van der Waals surface area contributed by atoms with Crippen LogP contribution in [0.4, 0.5) is 0 Å². The summed E-state index contributed by atoms with van der Waals surface area (Å²) in [6, 6.07) is 0. The number of aliphatic carboxylic acids is 1. The number of carbonyl (C=O) groups excluding carboxylic acids is 1. The van der Waals surface area contributed by atoms with Crippen LogP contribution in [0, 0.1) is 5.41 Å². The molecule has 102 valence electrons. The van der Waals surface area contributed by atoms with Crippen LogP contribution in [0.25, 0.3) is 0 Å². The maximum Gasteiger partial charge on any atom is 0.335 e. The smallest absolute Gasteiger partial charge is 0.335 e. The van der Waals surface area contributed by atoms with Crippen LogP contribution in [0.2, 0.25) is 0 Å². The van der Waals surface area contributed by atoms with Gasteiger partial charge < -0.3 is 10.8 Å². The molecule has 4 nitrogen and oxygen atoms in total. The number of rotatable bonds is 8.